The van der Waals surface area contributed by atoms with Crippen LogP contribution in [0.1, 0.15) is 158 Å². The van der Waals surface area contributed by atoms with Gasteiger partial charge in [-0.3, -0.25) is 0 Å². The van der Waals surface area contributed by atoms with Gasteiger partial charge in [0.05, 0.1) is 0 Å². The molecule has 0 aromatic heterocycles. The SMILES string of the molecule is CCCCC(C(=O)OCCCCCC(C)C)[CH](S)[Sn]([CH](S)CC(=O)OCCCCCC(C)C)[CH](S)CC(=O)OCCCCCC(C)C. The third kappa shape index (κ3) is 25.8. The van der Waals surface area contributed by atoms with Crippen LogP contribution >= 0.6 is 37.9 Å². The fourth-order valence-corrected chi connectivity index (χ4v) is 23.4. The second-order valence-corrected chi connectivity index (χ2v) is 29.0. The molecule has 0 spiro atoms. The number of hydrogen-bond acceptors (Lipinski definition) is 9. The van der Waals surface area contributed by atoms with Crippen LogP contribution in [0, 0.1) is 23.7 Å². The first-order valence-corrected chi connectivity index (χ1v) is 25.2. The van der Waals surface area contributed by atoms with Gasteiger partial charge in [0.2, 0.25) is 0 Å². The van der Waals surface area contributed by atoms with E-state index in [9.17, 15) is 14.4 Å². The fraction of sp³-hybridized carbons (Fsp3) is 0.919. The molecule has 0 rings (SSSR count). The molecule has 0 amide bonds. The summed E-state index contributed by atoms with van der Waals surface area (Å²) >= 11 is 12.0. The van der Waals surface area contributed by atoms with Gasteiger partial charge in [-0.05, 0) is 0 Å². The Labute approximate surface area is 313 Å². The molecule has 0 aliphatic rings. The average Bonchev–Trinajstić information content (AvgIpc) is 2.98. The number of unbranched alkanes of at least 4 members (excludes halogenated alkanes) is 7. The van der Waals surface area contributed by atoms with E-state index in [1.807, 2.05) is 0 Å². The molecule has 0 aromatic rings. The Kier molecular flexibility index (Phi) is 30.1. The third-order valence-corrected chi connectivity index (χ3v) is 23.8. The van der Waals surface area contributed by atoms with E-state index >= 15 is 0 Å². The first-order valence-electron chi connectivity index (χ1n) is 18.7. The van der Waals surface area contributed by atoms with E-state index in [4.69, 9.17) is 52.1 Å². The van der Waals surface area contributed by atoms with Crippen LogP contribution in [0.25, 0.3) is 0 Å². The molecule has 0 aliphatic heterocycles. The predicted molar refractivity (Wildman–Crippen MR) is 209 cm³/mol. The molecule has 0 fully saturated rings. The maximum atomic E-state index is 13.5. The molecule has 277 valence electrons. The van der Waals surface area contributed by atoms with E-state index < -0.39 is 25.7 Å². The summed E-state index contributed by atoms with van der Waals surface area (Å²) in [6, 6.07) is 0. The number of rotatable bonds is 30. The van der Waals surface area contributed by atoms with Crippen LogP contribution in [0.15, 0.2) is 0 Å². The number of ether oxygens (including phenoxy) is 3. The van der Waals surface area contributed by atoms with Crippen molar-refractivity contribution in [3.05, 3.63) is 0 Å². The number of esters is 3. The normalized spacial score (nSPS) is 14.4. The molecule has 0 heterocycles. The molecule has 4 unspecified atom stereocenters. The predicted octanol–water partition coefficient (Wildman–Crippen LogP) is 9.86. The Balaban J connectivity index is 5.49. The van der Waals surface area contributed by atoms with E-state index in [0.29, 0.717) is 44.0 Å². The summed E-state index contributed by atoms with van der Waals surface area (Å²) in [7, 11) is 0. The minimum absolute atomic E-state index is 0.133. The first kappa shape index (κ1) is 47.3. The zero-order chi connectivity index (χ0) is 35.6. The van der Waals surface area contributed by atoms with E-state index in [2.05, 4.69) is 48.5 Å². The molecule has 0 N–H and O–H groups in total. The molecular formula is C37H71O6S3Sn. The molecule has 0 saturated carbocycles. The molecule has 0 bridgehead atoms. The summed E-state index contributed by atoms with van der Waals surface area (Å²) in [6.07, 6.45) is 15.3. The molecule has 0 aromatic carbocycles. The van der Waals surface area contributed by atoms with Gasteiger partial charge in [0.1, 0.15) is 0 Å². The monoisotopic (exact) mass is 827 g/mol. The van der Waals surface area contributed by atoms with Gasteiger partial charge in [-0.25, -0.2) is 0 Å². The van der Waals surface area contributed by atoms with Crippen molar-refractivity contribution in [1.82, 2.24) is 0 Å². The number of hydrogen-bond donors (Lipinski definition) is 3. The Bertz CT molecular complexity index is 773. The van der Waals surface area contributed by atoms with Crippen LogP contribution < -0.4 is 0 Å². The van der Waals surface area contributed by atoms with Crippen LogP contribution in [0.4, 0.5) is 0 Å². The van der Waals surface area contributed by atoms with E-state index in [0.717, 1.165) is 70.6 Å². The molecule has 1 radical (unpaired) electrons. The maximum absolute atomic E-state index is 13.5. The Morgan fingerprint density at radius 2 is 0.915 bits per heavy atom. The molecule has 6 nitrogen and oxygen atoms in total. The zero-order valence-electron chi connectivity index (χ0n) is 31.0. The number of carbonyl (C=O) groups is 3. The van der Waals surface area contributed by atoms with Gasteiger partial charge >= 0.3 is 315 Å². The third-order valence-electron chi connectivity index (χ3n) is 8.43. The van der Waals surface area contributed by atoms with Crippen molar-refractivity contribution in [2.24, 2.45) is 23.7 Å². The van der Waals surface area contributed by atoms with Crippen molar-refractivity contribution in [1.29, 1.82) is 0 Å². The van der Waals surface area contributed by atoms with Gasteiger partial charge in [0, 0.05) is 0 Å². The average molecular weight is 827 g/mol. The summed E-state index contributed by atoms with van der Waals surface area (Å²) < 4.78 is 16.1. The zero-order valence-corrected chi connectivity index (χ0v) is 36.5. The molecule has 10 heteroatoms. The fourth-order valence-electron chi connectivity index (χ4n) is 5.49. The van der Waals surface area contributed by atoms with Crippen molar-refractivity contribution in [2.45, 2.75) is 167 Å². The molecule has 0 saturated heterocycles. The van der Waals surface area contributed by atoms with Gasteiger partial charge in [-0.1, -0.05) is 0 Å². The molecule has 47 heavy (non-hydrogen) atoms. The summed E-state index contributed by atoms with van der Waals surface area (Å²) in [5.41, 5.74) is 0. The number of carbonyl (C=O) groups excluding carboxylic acids is 3. The summed E-state index contributed by atoms with van der Waals surface area (Å²) in [5.74, 6) is 0.810. The first-order chi connectivity index (χ1) is 22.3. The molecule has 4 atom stereocenters. The van der Waals surface area contributed by atoms with Crippen LogP contribution in [0.5, 0.6) is 0 Å². The van der Waals surface area contributed by atoms with Crippen LogP contribution in [0.2, 0.25) is 0 Å². The summed E-state index contributed by atoms with van der Waals surface area (Å²) in [5, 5.41) is 0. The Hall–Kier alpha value is 0.259. The van der Waals surface area contributed by atoms with Gasteiger partial charge in [0.15, 0.2) is 0 Å². The van der Waals surface area contributed by atoms with Crippen molar-refractivity contribution < 1.29 is 28.6 Å². The van der Waals surface area contributed by atoms with E-state index in [-0.39, 0.29) is 40.5 Å². The van der Waals surface area contributed by atoms with Crippen molar-refractivity contribution >= 4 is 75.6 Å². The van der Waals surface area contributed by atoms with Crippen molar-refractivity contribution in [3.63, 3.8) is 0 Å². The van der Waals surface area contributed by atoms with Crippen molar-refractivity contribution in [2.75, 3.05) is 19.8 Å². The van der Waals surface area contributed by atoms with Crippen LogP contribution in [-0.2, 0) is 28.6 Å². The standard InChI is InChI=1S/C15H29O2S.2C11H21O2S.Sn/c1-4-5-10-14(12-18)15(16)17-11-8-6-7-9-13(2)3;2*1-10(2)6-4-3-5-8-13-11(12)7-9-14;/h12-14,18H,4-11H2,1-3H3;2*9-10,14H,3-8H2,1-2H3;. The van der Waals surface area contributed by atoms with Crippen LogP contribution in [-0.4, -0.2) is 67.3 Å². The minimum atomic E-state index is -3.05. The topological polar surface area (TPSA) is 78.9 Å². The van der Waals surface area contributed by atoms with Gasteiger partial charge in [0.25, 0.3) is 0 Å². The second kappa shape index (κ2) is 29.9. The second-order valence-electron chi connectivity index (χ2n) is 14.5. The van der Waals surface area contributed by atoms with Crippen molar-refractivity contribution in [3.8, 4) is 0 Å². The summed E-state index contributed by atoms with van der Waals surface area (Å²) in [4.78, 5) is 39.3. The number of thiol groups is 3. The molecule has 0 aliphatic carbocycles. The summed E-state index contributed by atoms with van der Waals surface area (Å²) in [6.45, 7) is 16.6. The van der Waals surface area contributed by atoms with E-state index in [1.165, 1.54) is 19.3 Å². The van der Waals surface area contributed by atoms with Gasteiger partial charge in [-0.15, -0.1) is 0 Å². The quantitative estimate of drug-likeness (QED) is 0.0220. The van der Waals surface area contributed by atoms with Gasteiger partial charge < -0.3 is 0 Å². The molecular weight excluding hydrogens is 755 g/mol. The Morgan fingerprint density at radius 3 is 1.28 bits per heavy atom. The van der Waals surface area contributed by atoms with Crippen LogP contribution in [0.3, 0.4) is 0 Å². The van der Waals surface area contributed by atoms with Gasteiger partial charge in [-0.2, -0.15) is 0 Å². The Morgan fingerprint density at radius 1 is 0.532 bits per heavy atom. The van der Waals surface area contributed by atoms with E-state index in [1.54, 1.807) is 0 Å².